The maximum absolute atomic E-state index is 12.4. The van der Waals surface area contributed by atoms with Crippen molar-refractivity contribution in [1.29, 1.82) is 0 Å². The van der Waals surface area contributed by atoms with Crippen molar-refractivity contribution in [2.45, 2.75) is 53.1 Å². The molecular weight excluding hydrogens is 336 g/mol. The third kappa shape index (κ3) is 5.72. The van der Waals surface area contributed by atoms with Gasteiger partial charge < -0.3 is 9.84 Å². The summed E-state index contributed by atoms with van der Waals surface area (Å²) in [6.45, 7) is 12.3. The first-order valence-corrected chi connectivity index (χ1v) is 9.25. The van der Waals surface area contributed by atoms with E-state index in [9.17, 15) is 9.90 Å². The predicted octanol–water partition coefficient (Wildman–Crippen LogP) is 6.03. The summed E-state index contributed by atoms with van der Waals surface area (Å²) < 4.78 is 5.82. The van der Waals surface area contributed by atoms with E-state index in [1.165, 1.54) is 6.08 Å². The lowest BCUT2D eigenvalue weighted by atomic mass is 9.80. The average molecular weight is 367 g/mol. The molecule has 0 saturated heterocycles. The van der Waals surface area contributed by atoms with Crippen LogP contribution in [0, 0.1) is 5.41 Å². The highest BCUT2D eigenvalue weighted by molar-refractivity contribution is 5.87. The van der Waals surface area contributed by atoms with Crippen molar-refractivity contribution in [3.8, 4) is 5.75 Å². The molecule has 0 aliphatic carbocycles. The van der Waals surface area contributed by atoms with Crippen LogP contribution in [0.5, 0.6) is 5.75 Å². The largest absolute Gasteiger partial charge is 0.508 e. The zero-order chi connectivity index (χ0) is 20.2. The summed E-state index contributed by atoms with van der Waals surface area (Å²) in [6, 6.07) is 15.1. The summed E-state index contributed by atoms with van der Waals surface area (Å²) in [6.07, 6.45) is 2.78. The first-order valence-electron chi connectivity index (χ1n) is 9.25. The summed E-state index contributed by atoms with van der Waals surface area (Å²) in [4.78, 5) is 12.4. The Morgan fingerprint density at radius 2 is 1.63 bits per heavy atom. The lowest BCUT2D eigenvalue weighted by Crippen LogP contribution is -2.24. The van der Waals surface area contributed by atoms with Crippen molar-refractivity contribution in [2.24, 2.45) is 5.41 Å². The minimum atomic E-state index is -0.424. The summed E-state index contributed by atoms with van der Waals surface area (Å²) >= 11 is 0. The van der Waals surface area contributed by atoms with Crippen LogP contribution < -0.4 is 0 Å². The third-order valence-electron chi connectivity index (χ3n) is 4.36. The maximum Gasteiger partial charge on any atom is 0.331 e. The fourth-order valence-electron chi connectivity index (χ4n) is 2.95. The molecule has 0 aliphatic heterocycles. The van der Waals surface area contributed by atoms with E-state index in [4.69, 9.17) is 4.74 Å². The molecule has 144 valence electrons. The van der Waals surface area contributed by atoms with Crippen LogP contribution in [0.4, 0.5) is 0 Å². The summed E-state index contributed by atoms with van der Waals surface area (Å²) in [5.74, 6) is -0.127. The molecule has 1 atom stereocenters. The number of esters is 1. The topological polar surface area (TPSA) is 46.5 Å². The van der Waals surface area contributed by atoms with Crippen LogP contribution in [-0.4, -0.2) is 11.1 Å². The van der Waals surface area contributed by atoms with E-state index in [0.717, 1.165) is 16.7 Å². The molecule has 2 aromatic carbocycles. The number of benzene rings is 2. The Morgan fingerprint density at radius 1 is 1.00 bits per heavy atom. The Hall–Kier alpha value is -2.55. The number of rotatable bonds is 4. The molecular formula is C24H30O3. The van der Waals surface area contributed by atoms with Crippen LogP contribution in [0.15, 0.2) is 54.6 Å². The quantitative estimate of drug-likeness (QED) is 0.530. The van der Waals surface area contributed by atoms with Gasteiger partial charge >= 0.3 is 5.97 Å². The molecule has 0 heterocycles. The standard InChI is InChI=1S/C24H30O3/c1-23(2,3)19-16-18(13-14-20(19)25)22(24(4,5)6)27-21(26)15-12-17-10-8-7-9-11-17/h7-16,22,25H,1-6H3. The molecule has 2 aromatic rings. The zero-order valence-corrected chi connectivity index (χ0v) is 17.1. The fourth-order valence-corrected chi connectivity index (χ4v) is 2.95. The summed E-state index contributed by atoms with van der Waals surface area (Å²) in [5, 5.41) is 10.2. The summed E-state index contributed by atoms with van der Waals surface area (Å²) in [7, 11) is 0. The number of hydrogen-bond acceptors (Lipinski definition) is 3. The Morgan fingerprint density at radius 3 is 2.19 bits per heavy atom. The monoisotopic (exact) mass is 366 g/mol. The number of phenolic OH excluding ortho intramolecular Hbond substituents is 1. The van der Waals surface area contributed by atoms with Crippen LogP contribution in [0.1, 0.15) is 64.3 Å². The molecule has 0 bridgehead atoms. The van der Waals surface area contributed by atoms with Gasteiger partial charge in [0.05, 0.1) is 0 Å². The fraction of sp³-hybridized carbons (Fsp3) is 0.375. The number of ether oxygens (including phenoxy) is 1. The van der Waals surface area contributed by atoms with E-state index in [1.54, 1.807) is 12.1 Å². The highest BCUT2D eigenvalue weighted by Crippen LogP contribution is 2.40. The van der Waals surface area contributed by atoms with Gasteiger partial charge in [0.1, 0.15) is 11.9 Å². The van der Waals surface area contributed by atoms with E-state index in [1.807, 2.05) is 84.0 Å². The molecule has 0 amide bonds. The van der Waals surface area contributed by atoms with E-state index >= 15 is 0 Å². The van der Waals surface area contributed by atoms with E-state index in [0.29, 0.717) is 0 Å². The Kier molecular flexibility index (Phi) is 6.15. The second-order valence-electron chi connectivity index (χ2n) is 8.95. The third-order valence-corrected chi connectivity index (χ3v) is 4.36. The van der Waals surface area contributed by atoms with E-state index in [-0.39, 0.29) is 22.5 Å². The Bertz CT molecular complexity index is 806. The SMILES string of the molecule is CC(C)(C)c1cc(C(OC(=O)C=Cc2ccccc2)C(C)(C)C)ccc1O. The van der Waals surface area contributed by atoms with Gasteiger partial charge in [-0.2, -0.15) is 0 Å². The van der Waals surface area contributed by atoms with Crippen LogP contribution in [-0.2, 0) is 14.9 Å². The van der Waals surface area contributed by atoms with Crippen molar-refractivity contribution in [3.63, 3.8) is 0 Å². The van der Waals surface area contributed by atoms with Gasteiger partial charge in [-0.25, -0.2) is 4.79 Å². The first kappa shape index (κ1) is 20.8. The molecule has 0 aromatic heterocycles. The van der Waals surface area contributed by atoms with Gasteiger partial charge in [0.25, 0.3) is 0 Å². The van der Waals surface area contributed by atoms with Crippen molar-refractivity contribution in [2.75, 3.05) is 0 Å². The zero-order valence-electron chi connectivity index (χ0n) is 17.1. The number of carbonyl (C=O) groups is 1. The van der Waals surface area contributed by atoms with Gasteiger partial charge in [-0.1, -0.05) is 77.9 Å². The molecule has 1 N–H and O–H groups in total. The normalized spacial score (nSPS) is 13.6. The highest BCUT2D eigenvalue weighted by Gasteiger charge is 2.31. The molecule has 0 saturated carbocycles. The van der Waals surface area contributed by atoms with E-state index < -0.39 is 6.10 Å². The smallest absolute Gasteiger partial charge is 0.331 e. The minimum Gasteiger partial charge on any atom is -0.508 e. The van der Waals surface area contributed by atoms with Crippen LogP contribution >= 0.6 is 0 Å². The number of phenols is 1. The van der Waals surface area contributed by atoms with E-state index in [2.05, 4.69) is 0 Å². The van der Waals surface area contributed by atoms with Crippen molar-refractivity contribution < 1.29 is 14.6 Å². The molecule has 27 heavy (non-hydrogen) atoms. The van der Waals surface area contributed by atoms with Gasteiger partial charge in [-0.05, 0) is 40.3 Å². The Balaban J connectivity index is 2.29. The second kappa shape index (κ2) is 7.99. The predicted molar refractivity (Wildman–Crippen MR) is 111 cm³/mol. The van der Waals surface area contributed by atoms with Gasteiger partial charge in [0.15, 0.2) is 0 Å². The average Bonchev–Trinajstić information content (AvgIpc) is 2.57. The van der Waals surface area contributed by atoms with Crippen LogP contribution in [0.3, 0.4) is 0 Å². The Labute approximate surface area is 162 Å². The second-order valence-corrected chi connectivity index (χ2v) is 8.95. The van der Waals surface area contributed by atoms with Gasteiger partial charge in [0, 0.05) is 11.5 Å². The first-order chi connectivity index (χ1) is 12.5. The van der Waals surface area contributed by atoms with Crippen LogP contribution in [0.2, 0.25) is 0 Å². The van der Waals surface area contributed by atoms with Gasteiger partial charge in [-0.3, -0.25) is 0 Å². The number of carbonyl (C=O) groups excluding carboxylic acids is 1. The van der Waals surface area contributed by atoms with Crippen LogP contribution in [0.25, 0.3) is 6.08 Å². The lowest BCUT2D eigenvalue weighted by Gasteiger charge is -2.31. The lowest BCUT2D eigenvalue weighted by molar-refractivity contribution is -0.149. The molecule has 1 unspecified atom stereocenters. The molecule has 0 radical (unpaired) electrons. The minimum absolute atomic E-state index is 0.209. The molecule has 0 fully saturated rings. The molecule has 2 rings (SSSR count). The molecule has 3 heteroatoms. The highest BCUT2D eigenvalue weighted by atomic mass is 16.5. The van der Waals surface area contributed by atoms with Gasteiger partial charge in [0.2, 0.25) is 0 Å². The van der Waals surface area contributed by atoms with Crippen molar-refractivity contribution in [3.05, 3.63) is 71.3 Å². The van der Waals surface area contributed by atoms with Crippen molar-refractivity contribution >= 4 is 12.0 Å². The maximum atomic E-state index is 12.4. The van der Waals surface area contributed by atoms with Gasteiger partial charge in [-0.15, -0.1) is 0 Å². The molecule has 0 aliphatic rings. The summed E-state index contributed by atoms with van der Waals surface area (Å²) in [5.41, 5.74) is 2.17. The van der Waals surface area contributed by atoms with Crippen molar-refractivity contribution in [1.82, 2.24) is 0 Å². The number of aromatic hydroxyl groups is 1. The molecule has 0 spiro atoms. The molecule has 3 nitrogen and oxygen atoms in total. The number of hydrogen-bond donors (Lipinski definition) is 1.